The van der Waals surface area contributed by atoms with Gasteiger partial charge in [-0.15, -0.1) is 0 Å². The average molecular weight is 447 g/mol. The smallest absolute Gasteiger partial charge is 0.326 e. The van der Waals surface area contributed by atoms with Crippen molar-refractivity contribution in [1.29, 1.82) is 0 Å². The van der Waals surface area contributed by atoms with Gasteiger partial charge >= 0.3 is 11.9 Å². The lowest BCUT2D eigenvalue weighted by atomic mass is 10.1. The minimum atomic E-state index is -1.63. The summed E-state index contributed by atoms with van der Waals surface area (Å²) < 4.78 is 0. The van der Waals surface area contributed by atoms with E-state index < -0.39 is 66.9 Å². The number of carboxylic acid groups (broad SMARTS) is 2. The maximum Gasteiger partial charge on any atom is 0.326 e. The van der Waals surface area contributed by atoms with Crippen LogP contribution in [0.1, 0.15) is 26.2 Å². The van der Waals surface area contributed by atoms with Crippen LogP contribution < -0.4 is 33.2 Å². The first kappa shape index (κ1) is 27.5. The third-order valence-electron chi connectivity index (χ3n) is 3.84. The second-order valence-corrected chi connectivity index (χ2v) is 6.50. The molecule has 0 spiro atoms. The number of carboxylic acids is 2. The first-order valence-corrected chi connectivity index (χ1v) is 9.17. The minimum Gasteiger partial charge on any atom is -0.481 e. The fraction of sp³-hybridized carbons (Fsp3) is 0.625. The first-order chi connectivity index (χ1) is 14.4. The average Bonchev–Trinajstić information content (AvgIpc) is 2.66. The van der Waals surface area contributed by atoms with Gasteiger partial charge in [-0.25, -0.2) is 4.79 Å². The van der Waals surface area contributed by atoms with Crippen LogP contribution in [0.25, 0.3) is 0 Å². The van der Waals surface area contributed by atoms with Crippen molar-refractivity contribution < 1.29 is 39.3 Å². The van der Waals surface area contributed by atoms with Gasteiger partial charge in [0.15, 0.2) is 5.96 Å². The molecule has 15 nitrogen and oxygen atoms in total. The lowest BCUT2D eigenvalue weighted by molar-refractivity contribution is -0.144. The molecule has 0 saturated heterocycles. The highest BCUT2D eigenvalue weighted by Crippen LogP contribution is 2.03. The van der Waals surface area contributed by atoms with E-state index in [2.05, 4.69) is 20.9 Å². The summed E-state index contributed by atoms with van der Waals surface area (Å²) >= 11 is 0. The summed E-state index contributed by atoms with van der Waals surface area (Å²) in [5.74, 6) is -5.88. The molecule has 0 heterocycles. The van der Waals surface area contributed by atoms with Crippen LogP contribution >= 0.6 is 0 Å². The molecule has 0 aromatic carbocycles. The Balaban J connectivity index is 5.23. The highest BCUT2D eigenvalue weighted by atomic mass is 16.4. The van der Waals surface area contributed by atoms with Gasteiger partial charge in [0.25, 0.3) is 0 Å². The predicted octanol–water partition coefficient (Wildman–Crippen LogP) is -4.61. The zero-order valence-corrected chi connectivity index (χ0v) is 16.9. The van der Waals surface area contributed by atoms with Crippen LogP contribution in [0.15, 0.2) is 4.99 Å². The van der Waals surface area contributed by atoms with Gasteiger partial charge in [-0.1, -0.05) is 0 Å². The van der Waals surface area contributed by atoms with Gasteiger partial charge in [-0.2, -0.15) is 0 Å². The number of guanidine groups is 1. The topological polar surface area (TPSA) is 273 Å². The number of aliphatic hydroxyl groups is 1. The molecule has 176 valence electrons. The summed E-state index contributed by atoms with van der Waals surface area (Å²) in [6.45, 7) is 0.768. The predicted molar refractivity (Wildman–Crippen MR) is 106 cm³/mol. The number of rotatable bonds is 14. The van der Waals surface area contributed by atoms with Crippen molar-refractivity contribution in [2.45, 2.75) is 50.4 Å². The Morgan fingerprint density at radius 3 is 2.03 bits per heavy atom. The molecule has 0 aromatic rings. The Morgan fingerprint density at radius 1 is 0.968 bits per heavy atom. The van der Waals surface area contributed by atoms with Gasteiger partial charge in [-0.05, 0) is 19.8 Å². The molecule has 3 amide bonds. The van der Waals surface area contributed by atoms with Crippen molar-refractivity contribution in [3.8, 4) is 0 Å². The molecule has 0 aromatic heterocycles. The molecule has 0 rings (SSSR count). The van der Waals surface area contributed by atoms with E-state index in [4.69, 9.17) is 22.3 Å². The second-order valence-electron chi connectivity index (χ2n) is 6.50. The summed E-state index contributed by atoms with van der Waals surface area (Å²) in [5.41, 5.74) is 15.5. The van der Waals surface area contributed by atoms with E-state index in [0.717, 1.165) is 6.92 Å². The van der Waals surface area contributed by atoms with Crippen LogP contribution in [0.3, 0.4) is 0 Å². The Bertz CT molecular complexity index is 693. The van der Waals surface area contributed by atoms with Gasteiger partial charge in [0.1, 0.15) is 18.1 Å². The molecule has 0 aliphatic carbocycles. The molecule has 0 aliphatic rings. The van der Waals surface area contributed by atoms with Crippen molar-refractivity contribution in [2.75, 3.05) is 13.1 Å². The molecule has 0 fully saturated rings. The molecular formula is C16H29N7O8. The molecule has 12 N–H and O–H groups in total. The summed E-state index contributed by atoms with van der Waals surface area (Å²) in [5, 5.41) is 34.4. The quantitative estimate of drug-likeness (QED) is 0.0693. The molecule has 4 atom stereocenters. The first-order valence-electron chi connectivity index (χ1n) is 9.17. The Kier molecular flexibility index (Phi) is 12.2. The van der Waals surface area contributed by atoms with Crippen molar-refractivity contribution in [2.24, 2.45) is 22.2 Å². The summed E-state index contributed by atoms with van der Waals surface area (Å²) in [7, 11) is 0. The van der Waals surface area contributed by atoms with Crippen LogP contribution in [0, 0.1) is 0 Å². The largest absolute Gasteiger partial charge is 0.481 e. The van der Waals surface area contributed by atoms with Crippen LogP contribution in [-0.2, 0) is 24.0 Å². The molecular weight excluding hydrogens is 418 g/mol. The monoisotopic (exact) mass is 447 g/mol. The summed E-state index contributed by atoms with van der Waals surface area (Å²) in [6, 6.07) is -4.57. The number of nitrogens with one attached hydrogen (secondary N) is 3. The number of hydrogen-bond donors (Lipinski definition) is 9. The van der Waals surface area contributed by atoms with Crippen LogP contribution in [0.5, 0.6) is 0 Å². The Labute approximate surface area is 177 Å². The van der Waals surface area contributed by atoms with Crippen molar-refractivity contribution in [3.05, 3.63) is 0 Å². The molecule has 0 bridgehead atoms. The van der Waals surface area contributed by atoms with Gasteiger partial charge < -0.3 is 48.5 Å². The summed E-state index contributed by atoms with van der Waals surface area (Å²) in [4.78, 5) is 62.3. The SMILES string of the molecule is CC(O)C(NC(=O)C(CC(=O)O)NC(=O)CN)C(=O)NC(CCCN=C(N)N)C(=O)O. The Morgan fingerprint density at radius 2 is 1.58 bits per heavy atom. The van der Waals surface area contributed by atoms with E-state index >= 15 is 0 Å². The van der Waals surface area contributed by atoms with E-state index in [1.807, 2.05) is 0 Å². The maximum atomic E-state index is 12.5. The third-order valence-corrected chi connectivity index (χ3v) is 3.84. The number of nitrogens with zero attached hydrogens (tertiary/aromatic N) is 1. The zero-order chi connectivity index (χ0) is 24.1. The normalized spacial score (nSPS) is 14.3. The van der Waals surface area contributed by atoms with E-state index in [1.165, 1.54) is 0 Å². The van der Waals surface area contributed by atoms with Gasteiger partial charge in [-0.3, -0.25) is 24.2 Å². The van der Waals surface area contributed by atoms with E-state index in [1.54, 1.807) is 0 Å². The number of carbonyl (C=O) groups is 5. The number of aliphatic imine (C=N–C) groups is 1. The highest BCUT2D eigenvalue weighted by molar-refractivity contribution is 5.95. The van der Waals surface area contributed by atoms with Gasteiger partial charge in [0, 0.05) is 6.54 Å². The molecule has 15 heteroatoms. The minimum absolute atomic E-state index is 0.0491. The maximum absolute atomic E-state index is 12.5. The number of amides is 3. The number of aliphatic carboxylic acids is 2. The third kappa shape index (κ3) is 11.3. The number of nitrogens with two attached hydrogens (primary N) is 3. The fourth-order valence-corrected chi connectivity index (χ4v) is 2.32. The zero-order valence-electron chi connectivity index (χ0n) is 16.9. The number of aliphatic hydroxyl groups excluding tert-OH is 1. The lowest BCUT2D eigenvalue weighted by Gasteiger charge is -2.25. The number of hydrogen-bond acceptors (Lipinski definition) is 8. The van der Waals surface area contributed by atoms with E-state index in [0.29, 0.717) is 0 Å². The molecule has 0 aliphatic heterocycles. The van der Waals surface area contributed by atoms with Crippen LogP contribution in [0.4, 0.5) is 0 Å². The van der Waals surface area contributed by atoms with Crippen molar-refractivity contribution in [3.63, 3.8) is 0 Å². The van der Waals surface area contributed by atoms with Gasteiger partial charge in [0.05, 0.1) is 19.1 Å². The van der Waals surface area contributed by atoms with E-state index in [9.17, 15) is 34.2 Å². The highest BCUT2D eigenvalue weighted by Gasteiger charge is 2.32. The van der Waals surface area contributed by atoms with Crippen LogP contribution in [0.2, 0.25) is 0 Å². The lowest BCUT2D eigenvalue weighted by Crippen LogP contribution is -2.59. The van der Waals surface area contributed by atoms with Crippen molar-refractivity contribution in [1.82, 2.24) is 16.0 Å². The second kappa shape index (κ2) is 13.7. The molecule has 0 radical (unpaired) electrons. The van der Waals surface area contributed by atoms with E-state index in [-0.39, 0.29) is 25.3 Å². The summed E-state index contributed by atoms with van der Waals surface area (Å²) in [6.07, 6.45) is -2.12. The fourth-order valence-electron chi connectivity index (χ4n) is 2.32. The van der Waals surface area contributed by atoms with Crippen LogP contribution in [-0.4, -0.2) is 88.3 Å². The standard InChI is InChI=1S/C16H29N7O8/c1-7(24)12(23-13(28)9(5-11(26)27)21-10(25)6-17)14(29)22-8(15(30)31)3-2-4-20-16(18)19/h7-9,12,24H,2-6,17H2,1H3,(H,21,25)(H,22,29)(H,23,28)(H,26,27)(H,30,31)(H4,18,19,20). The van der Waals surface area contributed by atoms with Gasteiger partial charge in [0.2, 0.25) is 17.7 Å². The number of carbonyl (C=O) groups excluding carboxylic acids is 3. The van der Waals surface area contributed by atoms with Crippen molar-refractivity contribution >= 4 is 35.6 Å². The molecule has 4 unspecified atom stereocenters. The Hall–Kier alpha value is -3.46. The molecule has 31 heavy (non-hydrogen) atoms. The molecule has 0 saturated carbocycles.